The Morgan fingerprint density at radius 3 is 1.54 bits per heavy atom. The van der Waals surface area contributed by atoms with E-state index in [4.69, 9.17) is 11.5 Å². The maximum Gasteiger partial charge on any atom is 0.326 e. The summed E-state index contributed by atoms with van der Waals surface area (Å²) in [6.07, 6.45) is 6.77. The van der Waals surface area contributed by atoms with Crippen molar-refractivity contribution in [3.05, 3.63) is 132 Å². The Bertz CT molecular complexity index is 3480. The fourth-order valence-electron chi connectivity index (χ4n) is 11.2. The Labute approximate surface area is 532 Å². The molecule has 91 heavy (non-hydrogen) atoms. The fourth-order valence-corrected chi connectivity index (χ4v) is 11.6. The van der Waals surface area contributed by atoms with Crippen molar-refractivity contribution in [2.24, 2.45) is 23.3 Å². The number of hydrogen-bond donors (Lipinski definition) is 14. The SMILES string of the molecule is CSCC[C@H](N)C(=O)N[C@@H](Cc1ccc(O)cc1)C(=O)N[C@H](C(=O)N[C@@H](CCCCN)C(=O)N[C@@H](Cc1c[nH]c2ccccc12)C(=O)N1CCC[C@H]1C(=O)N[C@@H](Cc1c[nH]c2ccccc12)C(=O)N[C@@H](Cc1ccc(O)cc1)C(=O)N[C@H](C(=O)O)C(C)C)C(C)C. The number of para-hydroxylation sites is 2. The Morgan fingerprint density at radius 2 is 1.02 bits per heavy atom. The summed E-state index contributed by atoms with van der Waals surface area (Å²) in [5.74, 6) is -7.49. The first-order chi connectivity index (χ1) is 43.5. The number of unbranched alkanes of at least 4 members (excludes halogenated alkanes) is 1. The summed E-state index contributed by atoms with van der Waals surface area (Å²) in [6, 6.07) is 15.5. The number of amides is 8. The molecule has 25 heteroatoms. The number of aliphatic carboxylic acids is 1. The zero-order chi connectivity index (χ0) is 65.9. The van der Waals surface area contributed by atoms with Crippen molar-refractivity contribution < 1.29 is 58.5 Å². The average molecular weight is 1270 g/mol. The molecule has 488 valence electrons. The van der Waals surface area contributed by atoms with Crippen molar-refractivity contribution in [3.8, 4) is 11.5 Å². The van der Waals surface area contributed by atoms with Crippen LogP contribution in [0.2, 0.25) is 0 Å². The molecular formula is C66H86N12O12S. The maximum absolute atomic E-state index is 15.4. The molecule has 1 saturated heterocycles. The Morgan fingerprint density at radius 1 is 0.560 bits per heavy atom. The average Bonchev–Trinajstić information content (AvgIpc) is 1.95. The quantitative estimate of drug-likeness (QED) is 0.0263. The lowest BCUT2D eigenvalue weighted by Crippen LogP contribution is -2.61. The van der Waals surface area contributed by atoms with Gasteiger partial charge in [0.05, 0.1) is 6.04 Å². The van der Waals surface area contributed by atoms with Crippen LogP contribution in [0.4, 0.5) is 0 Å². The number of carboxylic acid groups (broad SMARTS) is 1. The number of benzene rings is 4. The molecule has 9 atom stereocenters. The minimum absolute atomic E-state index is 0.000824. The van der Waals surface area contributed by atoms with Gasteiger partial charge in [-0.1, -0.05) is 88.4 Å². The predicted molar refractivity (Wildman–Crippen MR) is 347 cm³/mol. The van der Waals surface area contributed by atoms with Crippen LogP contribution in [0.5, 0.6) is 11.5 Å². The summed E-state index contributed by atoms with van der Waals surface area (Å²) in [6.45, 7) is 7.01. The van der Waals surface area contributed by atoms with E-state index in [1.165, 1.54) is 40.9 Å². The molecule has 24 nitrogen and oxygen atoms in total. The van der Waals surface area contributed by atoms with Crippen LogP contribution in [-0.4, -0.2) is 163 Å². The molecular weight excluding hydrogens is 1180 g/mol. The number of aromatic amines is 2. The van der Waals surface area contributed by atoms with Crippen molar-refractivity contribution >= 4 is 86.8 Å². The number of nitrogens with one attached hydrogen (secondary N) is 9. The van der Waals surface area contributed by atoms with Crippen molar-refractivity contribution in [3.63, 3.8) is 0 Å². The van der Waals surface area contributed by atoms with Gasteiger partial charge >= 0.3 is 5.97 Å². The van der Waals surface area contributed by atoms with Crippen LogP contribution in [0, 0.1) is 11.8 Å². The largest absolute Gasteiger partial charge is 0.508 e. The van der Waals surface area contributed by atoms with Crippen LogP contribution in [-0.2, 0) is 68.8 Å². The molecule has 0 bridgehead atoms. The van der Waals surface area contributed by atoms with Gasteiger partial charge in [0.25, 0.3) is 0 Å². The number of carbonyl (C=O) groups excluding carboxylic acids is 8. The highest BCUT2D eigenvalue weighted by Gasteiger charge is 2.41. The molecule has 6 aromatic rings. The number of likely N-dealkylation sites (tertiary alicyclic amines) is 1. The summed E-state index contributed by atoms with van der Waals surface area (Å²) >= 11 is 1.51. The van der Waals surface area contributed by atoms with Crippen molar-refractivity contribution in [2.75, 3.05) is 25.1 Å². The van der Waals surface area contributed by atoms with E-state index in [1.807, 2.05) is 54.8 Å². The molecule has 3 heterocycles. The minimum atomic E-state index is -1.38. The second kappa shape index (κ2) is 33.2. The molecule has 7 rings (SSSR count). The number of aromatic nitrogens is 2. The number of H-pyrrole nitrogens is 2. The van der Waals surface area contributed by atoms with E-state index in [9.17, 15) is 48.9 Å². The van der Waals surface area contributed by atoms with E-state index in [0.29, 0.717) is 53.7 Å². The zero-order valence-electron chi connectivity index (χ0n) is 52.0. The Hall–Kier alpha value is -8.94. The minimum Gasteiger partial charge on any atom is -0.508 e. The number of rotatable bonds is 33. The highest BCUT2D eigenvalue weighted by molar-refractivity contribution is 7.98. The van der Waals surface area contributed by atoms with E-state index in [-0.39, 0.29) is 63.1 Å². The van der Waals surface area contributed by atoms with Crippen LogP contribution in [0.25, 0.3) is 21.8 Å². The number of fused-ring (bicyclic) bond motifs is 2. The summed E-state index contributed by atoms with van der Waals surface area (Å²) < 4.78 is 0. The van der Waals surface area contributed by atoms with Gasteiger partial charge in [-0.05, 0) is 128 Å². The maximum atomic E-state index is 15.4. The number of thioether (sulfide) groups is 1. The number of hydrogen-bond acceptors (Lipinski definition) is 14. The third-order valence-electron chi connectivity index (χ3n) is 16.3. The highest BCUT2D eigenvalue weighted by Crippen LogP contribution is 2.26. The number of phenolic OH excluding ortho intramolecular Hbond substituents is 2. The van der Waals surface area contributed by atoms with Gasteiger partial charge in [0.15, 0.2) is 0 Å². The van der Waals surface area contributed by atoms with Gasteiger partial charge in [0.2, 0.25) is 47.3 Å². The van der Waals surface area contributed by atoms with Crippen LogP contribution in [0.15, 0.2) is 109 Å². The van der Waals surface area contributed by atoms with E-state index in [1.54, 1.807) is 64.4 Å². The molecule has 0 unspecified atom stereocenters. The number of nitrogens with two attached hydrogens (primary N) is 2. The number of aromatic hydroxyl groups is 2. The normalized spacial score (nSPS) is 15.8. The molecule has 1 aliphatic rings. The molecule has 1 fully saturated rings. The van der Waals surface area contributed by atoms with Gasteiger partial charge in [-0.25, -0.2) is 4.79 Å². The monoisotopic (exact) mass is 1270 g/mol. The third-order valence-corrected chi connectivity index (χ3v) is 17.0. The highest BCUT2D eigenvalue weighted by atomic mass is 32.2. The first kappa shape index (κ1) is 69.5. The van der Waals surface area contributed by atoms with Gasteiger partial charge < -0.3 is 78.9 Å². The molecule has 8 amide bonds. The summed E-state index contributed by atoms with van der Waals surface area (Å²) in [7, 11) is 0. The van der Waals surface area contributed by atoms with Gasteiger partial charge in [0.1, 0.15) is 59.8 Å². The van der Waals surface area contributed by atoms with Crippen molar-refractivity contribution in [1.29, 1.82) is 0 Å². The molecule has 4 aromatic carbocycles. The topological polar surface area (TPSA) is 385 Å². The smallest absolute Gasteiger partial charge is 0.326 e. The number of nitrogens with zero attached hydrogens (tertiary/aromatic N) is 1. The Kier molecular flexibility index (Phi) is 25.4. The lowest BCUT2D eigenvalue weighted by atomic mass is 9.99. The van der Waals surface area contributed by atoms with Crippen LogP contribution in [0.1, 0.15) is 88.5 Å². The van der Waals surface area contributed by atoms with Crippen LogP contribution in [0.3, 0.4) is 0 Å². The molecule has 0 radical (unpaired) electrons. The standard InChI is InChI=1S/C66H86N12O12S/c1-37(2)56(76-61(84)51(31-39-19-23-43(79)24-20-39)72-58(81)47(68)27-30-91-5)64(87)71-50(17-10-11-28-67)59(82)75-54(34-42-36-70-49-16-9-7-14-46(42)49)65(88)78-29-12-18-55(78)63(86)74-53(33-41-35-69-48-15-8-6-13-45(41)48)60(83)73-52(32-40-21-25-44(80)26-22-40)62(85)77-57(38(3)4)66(89)90/h6-9,13-16,19-26,35-38,47,50-57,69-70,79-80H,10-12,17-18,27-34,67-68H2,1-5H3,(H,71,87)(H,72,81)(H,73,83)(H,74,86)(H,75,82)(H,76,84)(H,77,85)(H,89,90)/t47-,50-,51-,52-,53-,54-,55-,56-,57-/m0/s1. The van der Waals surface area contributed by atoms with E-state index in [2.05, 4.69) is 47.2 Å². The molecule has 0 aliphatic carbocycles. The summed E-state index contributed by atoms with van der Waals surface area (Å²) in [5.41, 5.74) is 16.0. The fraction of sp³-hybridized carbons (Fsp3) is 0.439. The van der Waals surface area contributed by atoms with E-state index in [0.717, 1.165) is 21.8 Å². The van der Waals surface area contributed by atoms with Gasteiger partial charge in [-0.3, -0.25) is 38.4 Å². The molecule has 16 N–H and O–H groups in total. The Balaban J connectivity index is 1.16. The molecule has 0 saturated carbocycles. The molecule has 2 aromatic heterocycles. The van der Waals surface area contributed by atoms with Crippen LogP contribution < -0.4 is 48.7 Å². The molecule has 0 spiro atoms. The van der Waals surface area contributed by atoms with Gasteiger partial charge in [-0.2, -0.15) is 11.8 Å². The first-order valence-corrected chi connectivity index (χ1v) is 32.2. The zero-order valence-corrected chi connectivity index (χ0v) is 52.8. The number of carbonyl (C=O) groups is 9. The number of carboxylic acids is 1. The number of phenols is 2. The first-order valence-electron chi connectivity index (χ1n) is 30.8. The van der Waals surface area contributed by atoms with Gasteiger partial charge in [-0.15, -0.1) is 0 Å². The summed E-state index contributed by atoms with van der Waals surface area (Å²) in [4.78, 5) is 137. The second-order valence-corrected chi connectivity index (χ2v) is 24.8. The van der Waals surface area contributed by atoms with E-state index >= 15 is 9.59 Å². The van der Waals surface area contributed by atoms with Gasteiger partial charge in [0, 0.05) is 66.4 Å². The summed E-state index contributed by atoms with van der Waals surface area (Å²) in [5, 5.41) is 51.1. The van der Waals surface area contributed by atoms with Crippen molar-refractivity contribution in [1.82, 2.24) is 52.1 Å². The lowest BCUT2D eigenvalue weighted by molar-refractivity contribution is -0.143. The van der Waals surface area contributed by atoms with Crippen LogP contribution >= 0.6 is 11.8 Å². The third kappa shape index (κ3) is 19.3. The van der Waals surface area contributed by atoms with Crippen molar-refractivity contribution in [2.45, 2.75) is 146 Å². The second-order valence-electron chi connectivity index (χ2n) is 23.8. The lowest BCUT2D eigenvalue weighted by Gasteiger charge is -2.31. The molecule has 1 aliphatic heterocycles. The van der Waals surface area contributed by atoms with E-state index < -0.39 is 119 Å². The predicted octanol–water partition coefficient (Wildman–Crippen LogP) is 3.32.